The first-order valence-corrected chi connectivity index (χ1v) is 7.79. The molecule has 0 radical (unpaired) electrons. The molecule has 2 aromatic rings. The number of fused-ring (bicyclic) bond motifs is 3. The van der Waals surface area contributed by atoms with Gasteiger partial charge in [-0.2, -0.15) is 0 Å². The summed E-state index contributed by atoms with van der Waals surface area (Å²) in [6.45, 7) is 4.45. The molecule has 4 nitrogen and oxygen atoms in total. The van der Waals surface area contributed by atoms with Crippen molar-refractivity contribution in [3.05, 3.63) is 40.6 Å². The van der Waals surface area contributed by atoms with Gasteiger partial charge in [0.1, 0.15) is 0 Å². The van der Waals surface area contributed by atoms with Crippen molar-refractivity contribution >= 4 is 5.97 Å². The molecule has 116 valence electrons. The van der Waals surface area contributed by atoms with E-state index in [-0.39, 0.29) is 0 Å². The molecular formula is C18H21NO3. The first-order valence-electron chi connectivity index (χ1n) is 7.79. The van der Waals surface area contributed by atoms with Crippen LogP contribution in [0.15, 0.2) is 22.7 Å². The van der Waals surface area contributed by atoms with Crippen molar-refractivity contribution in [3.8, 4) is 11.3 Å². The summed E-state index contributed by atoms with van der Waals surface area (Å²) in [6, 6.07) is 6.52. The number of carbonyl (C=O) groups excluding carboxylic acids is 1. The van der Waals surface area contributed by atoms with Crippen LogP contribution in [0.2, 0.25) is 0 Å². The van der Waals surface area contributed by atoms with Gasteiger partial charge < -0.3 is 9.26 Å². The summed E-state index contributed by atoms with van der Waals surface area (Å²) < 4.78 is 10.3. The van der Waals surface area contributed by atoms with Gasteiger partial charge in [0, 0.05) is 11.1 Å². The summed E-state index contributed by atoms with van der Waals surface area (Å²) >= 11 is 0. The second-order valence-corrected chi connectivity index (χ2v) is 6.27. The fourth-order valence-corrected chi connectivity index (χ4v) is 3.14. The van der Waals surface area contributed by atoms with E-state index >= 15 is 0 Å². The molecule has 3 rings (SSSR count). The monoisotopic (exact) mass is 299 g/mol. The van der Waals surface area contributed by atoms with Gasteiger partial charge in [0.15, 0.2) is 11.5 Å². The molecule has 0 bridgehead atoms. The number of benzene rings is 1. The summed E-state index contributed by atoms with van der Waals surface area (Å²) in [5.41, 5.74) is 4.89. The maximum absolute atomic E-state index is 11.8. The first kappa shape index (κ1) is 14.8. The molecule has 0 aliphatic heterocycles. The molecule has 1 aromatic heterocycles. The lowest BCUT2D eigenvalue weighted by molar-refractivity contribution is 0.0588. The van der Waals surface area contributed by atoms with Crippen LogP contribution in [0, 0.1) is 5.92 Å². The first-order chi connectivity index (χ1) is 10.6. The van der Waals surface area contributed by atoms with Crippen LogP contribution in [-0.4, -0.2) is 18.2 Å². The summed E-state index contributed by atoms with van der Waals surface area (Å²) in [6.07, 6.45) is 3.84. The van der Waals surface area contributed by atoms with Crippen LogP contribution >= 0.6 is 0 Å². The minimum atomic E-state index is -0.426. The van der Waals surface area contributed by atoms with Crippen LogP contribution in [-0.2, 0) is 24.0 Å². The van der Waals surface area contributed by atoms with Crippen LogP contribution in [0.25, 0.3) is 11.3 Å². The van der Waals surface area contributed by atoms with Crippen LogP contribution in [0.3, 0.4) is 0 Å². The molecule has 0 spiro atoms. The third-order valence-corrected chi connectivity index (χ3v) is 4.10. The number of hydrogen-bond donors (Lipinski definition) is 0. The summed E-state index contributed by atoms with van der Waals surface area (Å²) in [4.78, 5) is 11.8. The van der Waals surface area contributed by atoms with Gasteiger partial charge in [0.05, 0.1) is 7.11 Å². The minimum absolute atomic E-state index is 0.316. The largest absolute Gasteiger partial charge is 0.464 e. The van der Waals surface area contributed by atoms with Gasteiger partial charge >= 0.3 is 5.97 Å². The van der Waals surface area contributed by atoms with Crippen molar-refractivity contribution < 1.29 is 14.1 Å². The standard InChI is InChI=1S/C18H21NO3/c1-11(2)9-12-7-8-14-13(10-12)5-4-6-15-16(18(20)21-3)19-22-17(14)15/h7-8,10-11H,4-6,9H2,1-3H3. The highest BCUT2D eigenvalue weighted by Crippen LogP contribution is 2.35. The molecule has 0 saturated heterocycles. The van der Waals surface area contributed by atoms with Crippen molar-refractivity contribution in [2.45, 2.75) is 39.5 Å². The fourth-order valence-electron chi connectivity index (χ4n) is 3.14. The summed E-state index contributed by atoms with van der Waals surface area (Å²) in [5, 5.41) is 3.93. The Labute approximate surface area is 130 Å². The lowest BCUT2D eigenvalue weighted by Gasteiger charge is -2.10. The lowest BCUT2D eigenvalue weighted by Crippen LogP contribution is -2.05. The number of nitrogens with zero attached hydrogens (tertiary/aromatic N) is 1. The average molecular weight is 299 g/mol. The molecule has 0 amide bonds. The van der Waals surface area contributed by atoms with Crippen LogP contribution in [0.5, 0.6) is 0 Å². The number of methoxy groups -OCH3 is 1. The van der Waals surface area contributed by atoms with Gasteiger partial charge in [-0.3, -0.25) is 0 Å². The molecule has 0 fully saturated rings. The van der Waals surface area contributed by atoms with Crippen molar-refractivity contribution in [1.82, 2.24) is 5.16 Å². The Hall–Kier alpha value is -2.10. The Morgan fingerprint density at radius 1 is 1.36 bits per heavy atom. The van der Waals surface area contributed by atoms with Gasteiger partial charge in [-0.1, -0.05) is 37.2 Å². The summed E-state index contributed by atoms with van der Waals surface area (Å²) in [5.74, 6) is 0.935. The average Bonchev–Trinajstić information content (AvgIpc) is 2.82. The zero-order valence-electron chi connectivity index (χ0n) is 13.3. The van der Waals surface area contributed by atoms with E-state index < -0.39 is 5.97 Å². The minimum Gasteiger partial charge on any atom is -0.464 e. The normalized spacial score (nSPS) is 13.5. The van der Waals surface area contributed by atoms with E-state index in [2.05, 4.69) is 37.2 Å². The molecule has 0 unspecified atom stereocenters. The Morgan fingerprint density at radius 2 is 2.18 bits per heavy atom. The fraction of sp³-hybridized carbons (Fsp3) is 0.444. The quantitative estimate of drug-likeness (QED) is 0.809. The van der Waals surface area contributed by atoms with Crippen LogP contribution in [0.1, 0.15) is 47.4 Å². The van der Waals surface area contributed by atoms with Crippen LogP contribution in [0.4, 0.5) is 0 Å². The smallest absolute Gasteiger partial charge is 0.360 e. The van der Waals surface area contributed by atoms with Gasteiger partial charge in [0.25, 0.3) is 0 Å². The van der Waals surface area contributed by atoms with E-state index in [0.717, 1.165) is 42.6 Å². The number of ether oxygens (including phenoxy) is 1. The second-order valence-electron chi connectivity index (χ2n) is 6.27. The van der Waals surface area contributed by atoms with E-state index in [9.17, 15) is 4.79 Å². The van der Waals surface area contributed by atoms with Gasteiger partial charge in [-0.25, -0.2) is 4.79 Å². The topological polar surface area (TPSA) is 52.3 Å². The zero-order chi connectivity index (χ0) is 15.7. The number of aryl methyl sites for hydroxylation is 1. The number of aromatic nitrogens is 1. The van der Waals surface area contributed by atoms with Crippen molar-refractivity contribution in [1.29, 1.82) is 0 Å². The highest BCUT2D eigenvalue weighted by atomic mass is 16.5. The van der Waals surface area contributed by atoms with E-state index in [1.165, 1.54) is 18.2 Å². The van der Waals surface area contributed by atoms with E-state index in [1.54, 1.807) is 0 Å². The Bertz CT molecular complexity index is 700. The maximum atomic E-state index is 11.8. The lowest BCUT2D eigenvalue weighted by atomic mass is 9.95. The number of hydrogen-bond acceptors (Lipinski definition) is 4. The molecule has 1 aliphatic carbocycles. The van der Waals surface area contributed by atoms with Gasteiger partial charge in [-0.05, 0) is 42.7 Å². The highest BCUT2D eigenvalue weighted by Gasteiger charge is 2.26. The second kappa shape index (κ2) is 5.95. The van der Waals surface area contributed by atoms with Crippen LogP contribution < -0.4 is 0 Å². The van der Waals surface area contributed by atoms with Crippen molar-refractivity contribution in [3.63, 3.8) is 0 Å². The third kappa shape index (κ3) is 2.65. The predicted octanol–water partition coefficient (Wildman–Crippen LogP) is 3.82. The summed E-state index contributed by atoms with van der Waals surface area (Å²) in [7, 11) is 1.37. The third-order valence-electron chi connectivity index (χ3n) is 4.10. The van der Waals surface area contributed by atoms with Crippen molar-refractivity contribution in [2.75, 3.05) is 7.11 Å². The molecule has 0 N–H and O–H groups in total. The van der Waals surface area contributed by atoms with Gasteiger partial charge in [0.2, 0.25) is 0 Å². The highest BCUT2D eigenvalue weighted by molar-refractivity contribution is 5.91. The van der Waals surface area contributed by atoms with E-state index in [4.69, 9.17) is 9.26 Å². The molecule has 1 aliphatic rings. The zero-order valence-corrected chi connectivity index (χ0v) is 13.3. The molecule has 4 heteroatoms. The van der Waals surface area contributed by atoms with E-state index in [0.29, 0.717) is 11.6 Å². The maximum Gasteiger partial charge on any atom is 0.360 e. The Morgan fingerprint density at radius 3 is 2.91 bits per heavy atom. The molecule has 1 heterocycles. The predicted molar refractivity (Wildman–Crippen MR) is 83.8 cm³/mol. The van der Waals surface area contributed by atoms with Gasteiger partial charge in [-0.15, -0.1) is 0 Å². The SMILES string of the molecule is COC(=O)c1noc2c1CCCc1cc(CC(C)C)ccc1-2. The number of carbonyl (C=O) groups is 1. The molecule has 0 atom stereocenters. The molecule has 22 heavy (non-hydrogen) atoms. The van der Waals surface area contributed by atoms with E-state index in [1.807, 2.05) is 0 Å². The number of rotatable bonds is 3. The van der Waals surface area contributed by atoms with Crippen molar-refractivity contribution in [2.24, 2.45) is 5.92 Å². The molecule has 0 saturated carbocycles. The Kier molecular flexibility index (Phi) is 4.01. The number of esters is 1. The Balaban J connectivity index is 2.04. The molecule has 1 aromatic carbocycles. The molecular weight excluding hydrogens is 278 g/mol.